The lowest BCUT2D eigenvalue weighted by Crippen LogP contribution is -2.46. The second-order valence-electron chi connectivity index (χ2n) is 9.54. The molecule has 1 aromatic heterocycles. The standard InChI is InChI=1S/C28H38N4O4S2/c1-5-30(6-2)19-20-32(28-29-26-24(36-7-3)9-8-10-25(26)37-28)27(33)22-15-17-31(18-16-22)38(34,35)23-13-11-21(4)12-14-23/h8-14,22H,5-7,15-20H2,1-4H3. The Labute approximate surface area is 230 Å². The molecule has 10 heteroatoms. The molecule has 0 bridgehead atoms. The quantitative estimate of drug-likeness (QED) is 0.337. The summed E-state index contributed by atoms with van der Waals surface area (Å²) in [4.78, 5) is 23.2. The van der Waals surface area contributed by atoms with Gasteiger partial charge in [0.05, 0.1) is 16.2 Å². The third-order valence-electron chi connectivity index (χ3n) is 7.16. The van der Waals surface area contributed by atoms with Crippen molar-refractivity contribution in [2.24, 2.45) is 5.92 Å². The maximum absolute atomic E-state index is 13.9. The van der Waals surface area contributed by atoms with Crippen LogP contribution in [0.4, 0.5) is 5.13 Å². The van der Waals surface area contributed by atoms with Crippen LogP contribution in [0, 0.1) is 12.8 Å². The number of carbonyl (C=O) groups excluding carboxylic acids is 1. The molecule has 1 saturated heterocycles. The number of benzene rings is 2. The van der Waals surface area contributed by atoms with Gasteiger partial charge in [-0.1, -0.05) is 48.9 Å². The van der Waals surface area contributed by atoms with E-state index in [9.17, 15) is 13.2 Å². The summed E-state index contributed by atoms with van der Waals surface area (Å²) in [5.41, 5.74) is 1.79. The number of aromatic nitrogens is 1. The monoisotopic (exact) mass is 558 g/mol. The zero-order valence-corrected chi connectivity index (χ0v) is 24.4. The maximum Gasteiger partial charge on any atom is 0.243 e. The van der Waals surface area contributed by atoms with Gasteiger partial charge in [0.25, 0.3) is 0 Å². The highest BCUT2D eigenvalue weighted by Gasteiger charge is 2.35. The Morgan fingerprint density at radius 2 is 1.74 bits per heavy atom. The van der Waals surface area contributed by atoms with Crippen molar-refractivity contribution in [3.8, 4) is 5.75 Å². The van der Waals surface area contributed by atoms with Gasteiger partial charge in [0.1, 0.15) is 11.3 Å². The number of ether oxygens (including phenoxy) is 1. The van der Waals surface area contributed by atoms with Crippen LogP contribution in [0.1, 0.15) is 39.2 Å². The number of fused-ring (bicyclic) bond motifs is 1. The van der Waals surface area contributed by atoms with Gasteiger partial charge in [0.2, 0.25) is 15.9 Å². The smallest absolute Gasteiger partial charge is 0.243 e. The average Bonchev–Trinajstić information content (AvgIpc) is 3.36. The topological polar surface area (TPSA) is 83.0 Å². The molecule has 3 aromatic rings. The van der Waals surface area contributed by atoms with Crippen molar-refractivity contribution in [3.05, 3.63) is 48.0 Å². The maximum atomic E-state index is 13.9. The lowest BCUT2D eigenvalue weighted by molar-refractivity contribution is -0.123. The minimum atomic E-state index is -3.58. The Hall–Kier alpha value is -2.53. The van der Waals surface area contributed by atoms with E-state index < -0.39 is 10.0 Å². The molecule has 0 radical (unpaired) electrons. The molecule has 0 aliphatic carbocycles. The SMILES string of the molecule is CCOc1cccc2sc(N(CCN(CC)CC)C(=O)C3CCN(S(=O)(=O)c4ccc(C)cc4)CC3)nc12. The molecule has 1 fully saturated rings. The molecule has 2 heterocycles. The van der Waals surface area contributed by atoms with Crippen molar-refractivity contribution in [1.29, 1.82) is 0 Å². The van der Waals surface area contributed by atoms with Crippen LogP contribution in [0.5, 0.6) is 5.75 Å². The number of nitrogens with zero attached hydrogens (tertiary/aromatic N) is 4. The number of rotatable bonds is 11. The lowest BCUT2D eigenvalue weighted by Gasteiger charge is -2.33. The number of amides is 1. The number of aryl methyl sites for hydroxylation is 1. The predicted molar refractivity (Wildman–Crippen MR) is 154 cm³/mol. The average molecular weight is 559 g/mol. The molecule has 1 aliphatic rings. The summed E-state index contributed by atoms with van der Waals surface area (Å²) in [5.74, 6) is 0.481. The Morgan fingerprint density at radius 3 is 2.37 bits per heavy atom. The molecule has 206 valence electrons. The summed E-state index contributed by atoms with van der Waals surface area (Å²) in [6.07, 6.45) is 0.974. The summed E-state index contributed by atoms with van der Waals surface area (Å²) < 4.78 is 34.6. The van der Waals surface area contributed by atoms with Crippen molar-refractivity contribution in [2.75, 3.05) is 50.8 Å². The Morgan fingerprint density at radius 1 is 1.05 bits per heavy atom. The molecule has 38 heavy (non-hydrogen) atoms. The summed E-state index contributed by atoms with van der Waals surface area (Å²) in [7, 11) is -3.58. The fourth-order valence-corrected chi connectivity index (χ4v) is 7.29. The van der Waals surface area contributed by atoms with E-state index in [0.29, 0.717) is 49.1 Å². The fourth-order valence-electron chi connectivity index (χ4n) is 4.80. The van der Waals surface area contributed by atoms with E-state index in [1.807, 2.05) is 49.1 Å². The first-order valence-electron chi connectivity index (χ1n) is 13.4. The van der Waals surface area contributed by atoms with E-state index in [2.05, 4.69) is 18.7 Å². The van der Waals surface area contributed by atoms with Crippen LogP contribution in [0.25, 0.3) is 10.2 Å². The molecule has 0 saturated carbocycles. The predicted octanol–water partition coefficient (Wildman–Crippen LogP) is 4.78. The van der Waals surface area contributed by atoms with Crippen molar-refractivity contribution >= 4 is 42.6 Å². The molecule has 1 amide bonds. The molecule has 0 spiro atoms. The third kappa shape index (κ3) is 6.20. The van der Waals surface area contributed by atoms with Gasteiger partial charge in [0.15, 0.2) is 5.13 Å². The summed E-state index contributed by atoms with van der Waals surface area (Å²) in [6, 6.07) is 12.8. The molecule has 0 N–H and O–H groups in total. The van der Waals surface area contributed by atoms with E-state index >= 15 is 0 Å². The Kier molecular flexibility index (Phi) is 9.40. The summed E-state index contributed by atoms with van der Waals surface area (Å²) >= 11 is 1.50. The zero-order valence-electron chi connectivity index (χ0n) is 22.7. The number of sulfonamides is 1. The van der Waals surface area contributed by atoms with Gasteiger partial charge >= 0.3 is 0 Å². The van der Waals surface area contributed by atoms with Gasteiger partial charge in [-0.15, -0.1) is 0 Å². The number of thiazole rings is 1. The van der Waals surface area contributed by atoms with Crippen LogP contribution in [0.15, 0.2) is 47.4 Å². The first-order chi connectivity index (χ1) is 18.3. The lowest BCUT2D eigenvalue weighted by atomic mass is 9.96. The molecule has 0 atom stereocenters. The first-order valence-corrected chi connectivity index (χ1v) is 15.7. The van der Waals surface area contributed by atoms with Gasteiger partial charge in [-0.05, 0) is 64.0 Å². The van der Waals surface area contributed by atoms with Gasteiger partial charge in [-0.2, -0.15) is 4.31 Å². The number of hydrogen-bond donors (Lipinski definition) is 0. The normalized spacial score (nSPS) is 15.3. The van der Waals surface area contributed by atoms with Gasteiger partial charge in [-0.3, -0.25) is 9.69 Å². The summed E-state index contributed by atoms with van der Waals surface area (Å²) in [6.45, 7) is 12.4. The molecule has 1 aliphatic heterocycles. The van der Waals surface area contributed by atoms with Crippen molar-refractivity contribution < 1.29 is 17.9 Å². The van der Waals surface area contributed by atoms with E-state index in [4.69, 9.17) is 9.72 Å². The Balaban J connectivity index is 1.54. The second-order valence-corrected chi connectivity index (χ2v) is 12.5. The fraction of sp³-hybridized carbons (Fsp3) is 0.500. The minimum absolute atomic E-state index is 0.0153. The highest BCUT2D eigenvalue weighted by Crippen LogP contribution is 2.35. The van der Waals surface area contributed by atoms with Crippen LogP contribution in [0.3, 0.4) is 0 Å². The van der Waals surface area contributed by atoms with Crippen LogP contribution >= 0.6 is 11.3 Å². The molecule has 8 nitrogen and oxygen atoms in total. The van der Waals surface area contributed by atoms with Gasteiger partial charge in [-0.25, -0.2) is 13.4 Å². The largest absolute Gasteiger partial charge is 0.492 e. The van der Waals surface area contributed by atoms with Crippen LogP contribution in [-0.2, 0) is 14.8 Å². The molecule has 0 unspecified atom stereocenters. The molecule has 4 rings (SSSR count). The third-order valence-corrected chi connectivity index (χ3v) is 10.1. The number of likely N-dealkylation sites (N-methyl/N-ethyl adjacent to an activating group) is 1. The number of piperidine rings is 1. The van der Waals surface area contributed by atoms with Crippen molar-refractivity contribution in [3.63, 3.8) is 0 Å². The summed E-state index contributed by atoms with van der Waals surface area (Å²) in [5, 5.41) is 0.666. The number of hydrogen-bond acceptors (Lipinski definition) is 7. The van der Waals surface area contributed by atoms with Crippen molar-refractivity contribution in [1.82, 2.24) is 14.2 Å². The van der Waals surface area contributed by atoms with Crippen molar-refractivity contribution in [2.45, 2.75) is 45.4 Å². The number of anilines is 1. The first kappa shape index (κ1) is 28.5. The zero-order chi connectivity index (χ0) is 27.3. The number of carbonyl (C=O) groups is 1. The van der Waals surface area contributed by atoms with E-state index in [1.54, 1.807) is 12.1 Å². The van der Waals surface area contributed by atoms with Crippen LogP contribution in [-0.4, -0.2) is 74.4 Å². The van der Waals surface area contributed by atoms with Crippen LogP contribution < -0.4 is 9.64 Å². The Bertz CT molecular complexity index is 1330. The molecular weight excluding hydrogens is 520 g/mol. The second kappa shape index (κ2) is 12.5. The van der Waals surface area contributed by atoms with Crippen LogP contribution in [0.2, 0.25) is 0 Å². The van der Waals surface area contributed by atoms with E-state index in [-0.39, 0.29) is 11.8 Å². The highest BCUT2D eigenvalue weighted by atomic mass is 32.2. The molecule has 2 aromatic carbocycles. The van der Waals surface area contributed by atoms with E-state index in [1.165, 1.54) is 15.6 Å². The van der Waals surface area contributed by atoms with Gasteiger partial charge < -0.3 is 9.64 Å². The highest BCUT2D eigenvalue weighted by molar-refractivity contribution is 7.89. The molecular formula is C28H38N4O4S2. The van der Waals surface area contributed by atoms with Gasteiger partial charge in [0, 0.05) is 32.1 Å². The van der Waals surface area contributed by atoms with E-state index in [0.717, 1.165) is 41.2 Å². The number of para-hydroxylation sites is 1. The minimum Gasteiger partial charge on any atom is -0.492 e.